The molecule has 0 bridgehead atoms. The molecule has 136 valence electrons. The number of nitrogens with one attached hydrogen (secondary N) is 1. The van der Waals surface area contributed by atoms with E-state index in [0.717, 1.165) is 41.2 Å². The molecule has 0 aliphatic heterocycles. The van der Waals surface area contributed by atoms with Crippen LogP contribution in [0, 0.1) is 13.8 Å². The van der Waals surface area contributed by atoms with Gasteiger partial charge in [0.15, 0.2) is 17.0 Å². The topological polar surface area (TPSA) is 73.5 Å². The SMILES string of the molecule is Cc1cc(C)n(-c2nc(NC3Cc4ccccc4C3)c3ncn(C)c3n2)n1. The van der Waals surface area contributed by atoms with Crippen LogP contribution in [0.2, 0.25) is 0 Å². The Kier molecular flexibility index (Phi) is 3.50. The Morgan fingerprint density at radius 3 is 2.48 bits per heavy atom. The molecule has 4 aromatic rings. The molecule has 0 radical (unpaired) electrons. The van der Waals surface area contributed by atoms with Crippen molar-refractivity contribution in [3.05, 3.63) is 59.2 Å². The Bertz CT molecular complexity index is 1130. The summed E-state index contributed by atoms with van der Waals surface area (Å²) in [4.78, 5) is 14.0. The van der Waals surface area contributed by atoms with Gasteiger partial charge in [-0.15, -0.1) is 0 Å². The van der Waals surface area contributed by atoms with Gasteiger partial charge in [-0.05, 0) is 43.9 Å². The summed E-state index contributed by atoms with van der Waals surface area (Å²) >= 11 is 0. The molecule has 1 aromatic carbocycles. The summed E-state index contributed by atoms with van der Waals surface area (Å²) < 4.78 is 3.71. The van der Waals surface area contributed by atoms with Gasteiger partial charge >= 0.3 is 0 Å². The zero-order valence-corrected chi connectivity index (χ0v) is 15.6. The highest BCUT2D eigenvalue weighted by molar-refractivity contribution is 5.83. The minimum absolute atomic E-state index is 0.302. The van der Waals surface area contributed by atoms with Gasteiger partial charge in [0.2, 0.25) is 0 Å². The zero-order chi connectivity index (χ0) is 18.5. The Labute approximate surface area is 157 Å². The normalized spacial score (nSPS) is 14.0. The van der Waals surface area contributed by atoms with E-state index >= 15 is 0 Å². The van der Waals surface area contributed by atoms with E-state index in [1.165, 1.54) is 11.1 Å². The van der Waals surface area contributed by atoms with E-state index in [4.69, 9.17) is 9.97 Å². The smallest absolute Gasteiger partial charge is 0.254 e. The molecule has 27 heavy (non-hydrogen) atoms. The summed E-state index contributed by atoms with van der Waals surface area (Å²) in [5.74, 6) is 1.33. The molecule has 3 aromatic heterocycles. The minimum Gasteiger partial charge on any atom is -0.365 e. The highest BCUT2D eigenvalue weighted by Crippen LogP contribution is 2.27. The summed E-state index contributed by atoms with van der Waals surface area (Å²) in [6.45, 7) is 3.98. The largest absolute Gasteiger partial charge is 0.365 e. The number of aromatic nitrogens is 6. The third-order valence-electron chi connectivity index (χ3n) is 5.14. The van der Waals surface area contributed by atoms with Gasteiger partial charge in [-0.1, -0.05) is 24.3 Å². The van der Waals surface area contributed by atoms with E-state index in [-0.39, 0.29) is 0 Å². The molecule has 7 heteroatoms. The first-order valence-corrected chi connectivity index (χ1v) is 9.14. The summed E-state index contributed by atoms with van der Waals surface area (Å²) in [6, 6.07) is 10.9. The highest BCUT2D eigenvalue weighted by atomic mass is 15.4. The van der Waals surface area contributed by atoms with Crippen LogP contribution in [-0.2, 0) is 19.9 Å². The molecule has 0 amide bonds. The van der Waals surface area contributed by atoms with E-state index in [0.29, 0.717) is 12.0 Å². The molecule has 1 aliphatic carbocycles. The van der Waals surface area contributed by atoms with Crippen molar-refractivity contribution >= 4 is 17.0 Å². The standard InChI is InChI=1S/C20H21N7/c1-12-8-13(2)27(25-12)20-23-18(17-19(24-20)26(3)11-21-17)22-16-9-14-6-4-5-7-15(14)10-16/h4-8,11,16H,9-10H2,1-3H3,(H,22,23,24). The minimum atomic E-state index is 0.302. The molecule has 0 unspecified atom stereocenters. The third-order valence-corrected chi connectivity index (χ3v) is 5.14. The second kappa shape index (κ2) is 5.90. The molecule has 0 fully saturated rings. The van der Waals surface area contributed by atoms with Crippen molar-refractivity contribution in [3.8, 4) is 5.95 Å². The number of benzene rings is 1. The van der Waals surface area contributed by atoms with Crippen LogP contribution in [0.25, 0.3) is 17.1 Å². The lowest BCUT2D eigenvalue weighted by molar-refractivity contribution is 0.752. The number of aryl methyl sites for hydroxylation is 3. The van der Waals surface area contributed by atoms with E-state index in [1.54, 1.807) is 11.0 Å². The van der Waals surface area contributed by atoms with Crippen molar-refractivity contribution in [2.45, 2.75) is 32.7 Å². The summed E-state index contributed by atoms with van der Waals surface area (Å²) in [5.41, 5.74) is 6.35. The van der Waals surface area contributed by atoms with Crippen LogP contribution in [0.4, 0.5) is 5.82 Å². The van der Waals surface area contributed by atoms with E-state index in [2.05, 4.69) is 39.7 Å². The van der Waals surface area contributed by atoms with Gasteiger partial charge in [-0.3, -0.25) is 0 Å². The van der Waals surface area contributed by atoms with Crippen molar-refractivity contribution in [1.82, 2.24) is 29.3 Å². The molecule has 0 saturated heterocycles. The van der Waals surface area contributed by atoms with Crippen molar-refractivity contribution in [1.29, 1.82) is 0 Å². The lowest BCUT2D eigenvalue weighted by Crippen LogP contribution is -2.21. The summed E-state index contributed by atoms with van der Waals surface area (Å²) in [6.07, 6.45) is 3.76. The fraction of sp³-hybridized carbons (Fsp3) is 0.300. The molecule has 0 atom stereocenters. The van der Waals surface area contributed by atoms with Gasteiger partial charge in [-0.2, -0.15) is 15.1 Å². The van der Waals surface area contributed by atoms with Crippen molar-refractivity contribution < 1.29 is 0 Å². The van der Waals surface area contributed by atoms with Gasteiger partial charge in [0, 0.05) is 18.8 Å². The quantitative estimate of drug-likeness (QED) is 0.609. The van der Waals surface area contributed by atoms with Gasteiger partial charge in [0.05, 0.1) is 12.0 Å². The molecule has 0 spiro atoms. The first-order valence-electron chi connectivity index (χ1n) is 9.14. The van der Waals surface area contributed by atoms with E-state index in [9.17, 15) is 0 Å². The fourth-order valence-electron chi connectivity index (χ4n) is 3.88. The van der Waals surface area contributed by atoms with Crippen molar-refractivity contribution in [2.24, 2.45) is 7.05 Å². The number of fused-ring (bicyclic) bond motifs is 2. The zero-order valence-electron chi connectivity index (χ0n) is 15.6. The maximum Gasteiger partial charge on any atom is 0.254 e. The lowest BCUT2D eigenvalue weighted by Gasteiger charge is -2.14. The first-order chi connectivity index (χ1) is 13.1. The number of nitrogens with zero attached hydrogens (tertiary/aromatic N) is 6. The maximum absolute atomic E-state index is 4.79. The molecule has 0 saturated carbocycles. The Hall–Kier alpha value is -3.22. The Morgan fingerprint density at radius 1 is 1.07 bits per heavy atom. The molecule has 3 heterocycles. The number of hydrogen-bond donors (Lipinski definition) is 1. The van der Waals surface area contributed by atoms with Crippen molar-refractivity contribution in [3.63, 3.8) is 0 Å². The van der Waals surface area contributed by atoms with Crippen LogP contribution in [0.3, 0.4) is 0 Å². The van der Waals surface area contributed by atoms with Crippen LogP contribution in [0.15, 0.2) is 36.7 Å². The average Bonchev–Trinajstić information content (AvgIpc) is 3.32. The van der Waals surface area contributed by atoms with E-state index < -0.39 is 0 Å². The molecular formula is C20H21N7. The second-order valence-corrected chi connectivity index (χ2v) is 7.26. The van der Waals surface area contributed by atoms with Crippen LogP contribution >= 0.6 is 0 Å². The molecular weight excluding hydrogens is 338 g/mol. The predicted molar refractivity (Wildman–Crippen MR) is 104 cm³/mol. The third kappa shape index (κ3) is 2.66. The maximum atomic E-state index is 4.79. The monoisotopic (exact) mass is 359 g/mol. The molecule has 5 rings (SSSR count). The Balaban J connectivity index is 1.56. The number of anilines is 1. The van der Waals surface area contributed by atoms with Gasteiger partial charge in [0.1, 0.15) is 0 Å². The van der Waals surface area contributed by atoms with Crippen LogP contribution < -0.4 is 5.32 Å². The Morgan fingerprint density at radius 2 is 1.81 bits per heavy atom. The van der Waals surface area contributed by atoms with Gasteiger partial charge < -0.3 is 9.88 Å². The van der Waals surface area contributed by atoms with Gasteiger partial charge in [0.25, 0.3) is 5.95 Å². The second-order valence-electron chi connectivity index (χ2n) is 7.26. The first kappa shape index (κ1) is 16.0. The summed E-state index contributed by atoms with van der Waals surface area (Å²) in [5, 5.41) is 8.15. The number of hydrogen-bond acceptors (Lipinski definition) is 5. The molecule has 7 nitrogen and oxygen atoms in total. The predicted octanol–water partition coefficient (Wildman–Crippen LogP) is 2.75. The molecule has 1 N–H and O–H groups in total. The fourth-order valence-corrected chi connectivity index (χ4v) is 3.88. The average molecular weight is 359 g/mol. The summed E-state index contributed by atoms with van der Waals surface area (Å²) in [7, 11) is 1.95. The number of imidazole rings is 1. The van der Waals surface area contributed by atoms with E-state index in [1.807, 2.05) is 31.5 Å². The van der Waals surface area contributed by atoms with Crippen molar-refractivity contribution in [2.75, 3.05) is 5.32 Å². The van der Waals surface area contributed by atoms with Gasteiger partial charge in [-0.25, -0.2) is 9.67 Å². The van der Waals surface area contributed by atoms with Crippen LogP contribution in [0.1, 0.15) is 22.5 Å². The van der Waals surface area contributed by atoms with Crippen LogP contribution in [-0.4, -0.2) is 35.3 Å². The van der Waals surface area contributed by atoms with Crippen LogP contribution in [0.5, 0.6) is 0 Å². The highest BCUT2D eigenvalue weighted by Gasteiger charge is 2.23. The number of rotatable bonds is 3. The molecule has 1 aliphatic rings. The lowest BCUT2D eigenvalue weighted by atomic mass is 10.1.